The van der Waals surface area contributed by atoms with E-state index in [-0.39, 0.29) is 6.04 Å². The fraction of sp³-hybridized carbons (Fsp3) is 0.417. The summed E-state index contributed by atoms with van der Waals surface area (Å²) in [5, 5.41) is 0. The van der Waals surface area contributed by atoms with Crippen molar-refractivity contribution in [2.24, 2.45) is 0 Å². The van der Waals surface area contributed by atoms with E-state index in [9.17, 15) is 4.79 Å². The summed E-state index contributed by atoms with van der Waals surface area (Å²) in [5.74, 6) is 0.367. The molecule has 0 radical (unpaired) electrons. The van der Waals surface area contributed by atoms with Crippen molar-refractivity contribution in [2.45, 2.75) is 25.8 Å². The van der Waals surface area contributed by atoms with Crippen LogP contribution in [0.5, 0.6) is 0 Å². The van der Waals surface area contributed by atoms with Crippen LogP contribution in [0, 0.1) is 6.92 Å². The zero-order valence-corrected chi connectivity index (χ0v) is 10.1. The van der Waals surface area contributed by atoms with Crippen LogP contribution in [0.4, 0.5) is 0 Å². The molecule has 2 atom stereocenters. The highest BCUT2D eigenvalue weighted by Gasteiger charge is 2.29. The lowest BCUT2D eigenvalue weighted by molar-refractivity contribution is -0.119. The van der Waals surface area contributed by atoms with Crippen molar-refractivity contribution in [3.63, 3.8) is 0 Å². The van der Waals surface area contributed by atoms with Gasteiger partial charge in [-0.1, -0.05) is 39.2 Å². The van der Waals surface area contributed by atoms with Crippen LogP contribution in [0.3, 0.4) is 0 Å². The maximum atomic E-state index is 11.6. The normalized spacial score (nSPS) is 22.3. The molecule has 0 bridgehead atoms. The Labute approximate surface area is 92.9 Å². The van der Waals surface area contributed by atoms with E-state index >= 15 is 0 Å². The Morgan fingerprint density at radius 1 is 1.53 bits per heavy atom. The third kappa shape index (κ3) is 2.45. The largest absolute Gasteiger partial charge is 0.298 e. The molecule has 0 aromatic heterocycles. The number of ketones is 1. The van der Waals surface area contributed by atoms with E-state index in [4.69, 9.17) is 0 Å². The molecular formula is C12H16NOP. The van der Waals surface area contributed by atoms with Crippen LogP contribution in [0.2, 0.25) is 0 Å². The van der Waals surface area contributed by atoms with Gasteiger partial charge in [-0.05, 0) is 18.9 Å². The van der Waals surface area contributed by atoms with Crippen LogP contribution in [0.1, 0.15) is 17.5 Å². The van der Waals surface area contributed by atoms with E-state index < -0.39 is 0 Å². The standard InChI is InChI=1S/C12H16NOP/c1-9-3-2-4-10(7-9)8-11-12(14)5-6-13(11)15/h2-4,7,11H,5-6,8,15H2,1H3. The van der Waals surface area contributed by atoms with E-state index in [0.717, 1.165) is 13.0 Å². The molecule has 0 N–H and O–H groups in total. The van der Waals surface area contributed by atoms with Gasteiger partial charge < -0.3 is 0 Å². The first-order chi connectivity index (χ1) is 7.16. The predicted molar refractivity (Wildman–Crippen MR) is 64.7 cm³/mol. The number of aryl methyl sites for hydroxylation is 1. The van der Waals surface area contributed by atoms with E-state index in [1.807, 2.05) is 0 Å². The second-order valence-electron chi connectivity index (χ2n) is 4.16. The number of carbonyl (C=O) groups excluding carboxylic acids is 1. The van der Waals surface area contributed by atoms with Gasteiger partial charge in [0, 0.05) is 13.0 Å². The number of hydrogen-bond acceptors (Lipinski definition) is 2. The molecule has 80 valence electrons. The Bertz CT molecular complexity index is 378. The molecule has 1 saturated heterocycles. The minimum atomic E-state index is 0.0665. The number of benzene rings is 1. The predicted octanol–water partition coefficient (Wildman–Crippen LogP) is 1.97. The fourth-order valence-corrected chi connectivity index (χ4v) is 2.44. The summed E-state index contributed by atoms with van der Waals surface area (Å²) in [6.07, 6.45) is 1.53. The number of nitrogens with zero attached hydrogens (tertiary/aromatic N) is 1. The summed E-state index contributed by atoms with van der Waals surface area (Å²) in [6, 6.07) is 8.45. The molecule has 1 fully saturated rings. The molecule has 0 amide bonds. The summed E-state index contributed by atoms with van der Waals surface area (Å²) in [4.78, 5) is 11.6. The van der Waals surface area contributed by atoms with E-state index in [1.165, 1.54) is 11.1 Å². The summed E-state index contributed by atoms with van der Waals surface area (Å²) in [7, 11) is 2.66. The molecule has 0 saturated carbocycles. The van der Waals surface area contributed by atoms with Crippen molar-refractivity contribution in [1.29, 1.82) is 0 Å². The van der Waals surface area contributed by atoms with E-state index in [1.54, 1.807) is 0 Å². The van der Waals surface area contributed by atoms with Crippen molar-refractivity contribution < 1.29 is 4.79 Å². The second kappa shape index (κ2) is 4.42. The minimum absolute atomic E-state index is 0.0665. The molecule has 15 heavy (non-hydrogen) atoms. The Morgan fingerprint density at radius 2 is 2.33 bits per heavy atom. The van der Waals surface area contributed by atoms with Crippen molar-refractivity contribution in [3.8, 4) is 0 Å². The third-order valence-corrected chi connectivity index (χ3v) is 3.52. The first kappa shape index (κ1) is 10.8. The van der Waals surface area contributed by atoms with Gasteiger partial charge >= 0.3 is 0 Å². The second-order valence-corrected chi connectivity index (χ2v) is 4.83. The summed E-state index contributed by atoms with van der Waals surface area (Å²) >= 11 is 0. The van der Waals surface area contributed by atoms with E-state index in [2.05, 4.69) is 45.3 Å². The Kier molecular flexibility index (Phi) is 3.18. The Morgan fingerprint density at radius 3 is 2.93 bits per heavy atom. The maximum absolute atomic E-state index is 11.6. The fourth-order valence-electron chi connectivity index (χ4n) is 2.04. The highest BCUT2D eigenvalue weighted by molar-refractivity contribution is 7.13. The zero-order valence-electron chi connectivity index (χ0n) is 8.94. The van der Waals surface area contributed by atoms with Crippen molar-refractivity contribution in [3.05, 3.63) is 35.4 Å². The third-order valence-electron chi connectivity index (χ3n) is 2.90. The Hall–Kier alpha value is -0.720. The maximum Gasteiger partial charge on any atom is 0.151 e. The first-order valence-electron chi connectivity index (χ1n) is 5.26. The number of hydrogen-bond donors (Lipinski definition) is 0. The van der Waals surface area contributed by atoms with Crippen molar-refractivity contribution >= 4 is 15.2 Å². The van der Waals surface area contributed by atoms with Crippen molar-refractivity contribution in [1.82, 2.24) is 4.67 Å². The van der Waals surface area contributed by atoms with Crippen LogP contribution in [0.15, 0.2) is 24.3 Å². The topological polar surface area (TPSA) is 20.3 Å². The highest BCUT2D eigenvalue weighted by atomic mass is 31.0. The smallest absolute Gasteiger partial charge is 0.151 e. The molecular weight excluding hydrogens is 205 g/mol. The average molecular weight is 221 g/mol. The van der Waals surface area contributed by atoms with Crippen LogP contribution in [-0.2, 0) is 11.2 Å². The summed E-state index contributed by atoms with van der Waals surface area (Å²) in [5.41, 5.74) is 2.51. The summed E-state index contributed by atoms with van der Waals surface area (Å²) < 4.78 is 2.07. The molecule has 1 aliphatic rings. The van der Waals surface area contributed by atoms with Gasteiger partial charge in [-0.2, -0.15) is 0 Å². The van der Waals surface area contributed by atoms with Gasteiger partial charge in [0.2, 0.25) is 0 Å². The lowest BCUT2D eigenvalue weighted by Crippen LogP contribution is -2.27. The van der Waals surface area contributed by atoms with Crippen LogP contribution in [0.25, 0.3) is 0 Å². The molecule has 1 aromatic carbocycles. The van der Waals surface area contributed by atoms with Gasteiger partial charge in [0.15, 0.2) is 5.78 Å². The molecule has 1 heterocycles. The molecule has 0 aliphatic carbocycles. The molecule has 0 spiro atoms. The monoisotopic (exact) mass is 221 g/mol. The number of carbonyl (C=O) groups is 1. The van der Waals surface area contributed by atoms with Gasteiger partial charge in [-0.3, -0.25) is 9.46 Å². The lowest BCUT2D eigenvalue weighted by atomic mass is 10.0. The summed E-state index contributed by atoms with van der Waals surface area (Å²) in [6.45, 7) is 2.96. The highest BCUT2D eigenvalue weighted by Crippen LogP contribution is 2.21. The lowest BCUT2D eigenvalue weighted by Gasteiger charge is -2.17. The van der Waals surface area contributed by atoms with Crippen LogP contribution in [-0.4, -0.2) is 23.0 Å². The minimum Gasteiger partial charge on any atom is -0.298 e. The molecule has 1 aliphatic heterocycles. The van der Waals surface area contributed by atoms with Gasteiger partial charge in [0.25, 0.3) is 0 Å². The molecule has 2 rings (SSSR count). The SMILES string of the molecule is Cc1cccc(CC2C(=O)CCN2P)c1. The average Bonchev–Trinajstić information content (AvgIpc) is 2.50. The molecule has 3 heteroatoms. The molecule has 2 nitrogen and oxygen atoms in total. The first-order valence-corrected chi connectivity index (χ1v) is 5.78. The molecule has 1 aromatic rings. The van der Waals surface area contributed by atoms with Gasteiger partial charge in [0.05, 0.1) is 6.04 Å². The molecule has 2 unspecified atom stereocenters. The van der Waals surface area contributed by atoms with Gasteiger partial charge in [-0.25, -0.2) is 0 Å². The zero-order chi connectivity index (χ0) is 10.8. The van der Waals surface area contributed by atoms with Crippen molar-refractivity contribution in [2.75, 3.05) is 6.54 Å². The Balaban J connectivity index is 2.11. The van der Waals surface area contributed by atoms with Crippen LogP contribution < -0.4 is 0 Å². The van der Waals surface area contributed by atoms with Gasteiger partial charge in [0.1, 0.15) is 0 Å². The van der Waals surface area contributed by atoms with E-state index in [0.29, 0.717) is 12.2 Å². The number of Topliss-reactive ketones (excluding diaryl/α,β-unsaturated/α-hetero) is 1. The van der Waals surface area contributed by atoms with Gasteiger partial charge in [-0.15, -0.1) is 0 Å². The number of rotatable bonds is 2. The quantitative estimate of drug-likeness (QED) is 0.712. The van der Waals surface area contributed by atoms with Crippen LogP contribution >= 0.6 is 9.39 Å².